The molecule has 1 aliphatic rings. The van der Waals surface area contributed by atoms with E-state index < -0.39 is 0 Å². The van der Waals surface area contributed by atoms with E-state index in [1.165, 1.54) is 0 Å². The van der Waals surface area contributed by atoms with E-state index in [1.807, 2.05) is 0 Å². The summed E-state index contributed by atoms with van der Waals surface area (Å²) >= 11 is 6.03. The molecule has 1 aliphatic carbocycles. The van der Waals surface area contributed by atoms with Crippen LogP contribution in [0.5, 0.6) is 0 Å². The molecule has 7 nitrogen and oxygen atoms in total. The van der Waals surface area contributed by atoms with Gasteiger partial charge in [0.25, 0.3) is 0 Å². The molecule has 0 bridgehead atoms. The molecule has 7 N–H and O–H groups in total. The van der Waals surface area contributed by atoms with E-state index in [9.17, 15) is 4.79 Å². The molecule has 0 atom stereocenters. The number of aliphatic imine (C=N–C) groups is 2. The highest BCUT2D eigenvalue weighted by Gasteiger charge is 2.27. The van der Waals surface area contributed by atoms with E-state index in [2.05, 4.69) is 29.1 Å². The summed E-state index contributed by atoms with van der Waals surface area (Å²) in [4.78, 5) is 19.7. The summed E-state index contributed by atoms with van der Waals surface area (Å²) in [6.07, 6.45) is 2.89. The van der Waals surface area contributed by atoms with Crippen LogP contribution in [0.1, 0.15) is 26.7 Å². The number of benzene rings is 1. The lowest BCUT2D eigenvalue weighted by molar-refractivity contribution is -0.117. The van der Waals surface area contributed by atoms with Gasteiger partial charge in [0.1, 0.15) is 0 Å². The molecule has 1 aromatic carbocycles. The normalized spacial score (nSPS) is 17.2. The number of carbonyl (C=O) groups is 1. The molecule has 0 unspecified atom stereocenters. The second kappa shape index (κ2) is 6.92. The number of nitrogens with one attached hydrogen (secondary N) is 1. The van der Waals surface area contributed by atoms with Crippen molar-refractivity contribution in [3.8, 4) is 0 Å². The fraction of sp³-hybridized carbons (Fsp3) is 0.312. The quantitative estimate of drug-likeness (QED) is 0.491. The molecule has 2 rings (SSSR count). The summed E-state index contributed by atoms with van der Waals surface area (Å²) in [5, 5.41) is 3.72. The number of nitrogens with zero attached hydrogens (tertiary/aromatic N) is 2. The number of ketones is 1. The number of anilines is 1. The van der Waals surface area contributed by atoms with Crippen LogP contribution < -0.4 is 22.5 Å². The molecular formula is C16H21ClN6O. The van der Waals surface area contributed by atoms with Gasteiger partial charge in [0, 0.05) is 23.2 Å². The van der Waals surface area contributed by atoms with Gasteiger partial charge < -0.3 is 22.5 Å². The molecular weight excluding hydrogens is 328 g/mol. The Kier molecular flexibility index (Phi) is 5.14. The minimum Gasteiger partial charge on any atom is -0.370 e. The standard InChI is InChI=1S/C16H21ClN6O/c1-16(2)7-10(6-11(24)8-16)21-12-4-3-9(17)5-13(12)22-15(20)23-14(18)19/h3-6,21H,7-8H2,1-2H3,(H6,18,19,20,22,23). The number of hydrogen-bond donors (Lipinski definition) is 4. The third kappa shape index (κ3) is 4.99. The maximum absolute atomic E-state index is 11.9. The monoisotopic (exact) mass is 348 g/mol. The van der Waals surface area contributed by atoms with Gasteiger partial charge in [-0.15, -0.1) is 0 Å². The van der Waals surface area contributed by atoms with Gasteiger partial charge in [0.05, 0.1) is 11.4 Å². The molecule has 0 heterocycles. The van der Waals surface area contributed by atoms with Crippen molar-refractivity contribution in [2.24, 2.45) is 32.6 Å². The highest BCUT2D eigenvalue weighted by molar-refractivity contribution is 6.31. The SMILES string of the molecule is CC1(C)CC(=O)C=C(Nc2ccc(Cl)cc2N=C(N)N=C(N)N)C1. The number of nitrogens with two attached hydrogens (primary N) is 3. The van der Waals surface area contributed by atoms with Gasteiger partial charge in [-0.2, -0.15) is 4.99 Å². The number of halogens is 1. The molecule has 8 heteroatoms. The van der Waals surface area contributed by atoms with Crippen LogP contribution in [0.15, 0.2) is 40.0 Å². The van der Waals surface area contributed by atoms with Gasteiger partial charge in [-0.05, 0) is 30.0 Å². The molecule has 0 saturated carbocycles. The zero-order valence-electron chi connectivity index (χ0n) is 13.6. The molecule has 0 saturated heterocycles. The van der Waals surface area contributed by atoms with Crippen molar-refractivity contribution in [3.05, 3.63) is 35.0 Å². The van der Waals surface area contributed by atoms with Gasteiger partial charge in [0.2, 0.25) is 5.96 Å². The van der Waals surface area contributed by atoms with Crippen molar-refractivity contribution in [1.82, 2.24) is 0 Å². The van der Waals surface area contributed by atoms with Crippen LogP contribution in [-0.4, -0.2) is 17.7 Å². The third-order valence-electron chi connectivity index (χ3n) is 3.39. The van der Waals surface area contributed by atoms with E-state index in [-0.39, 0.29) is 23.1 Å². The lowest BCUT2D eigenvalue weighted by atomic mass is 9.79. The summed E-state index contributed by atoms with van der Waals surface area (Å²) in [5.74, 6) is -0.183. The summed E-state index contributed by atoms with van der Waals surface area (Å²) in [7, 11) is 0. The fourth-order valence-corrected chi connectivity index (χ4v) is 2.75. The smallest absolute Gasteiger partial charge is 0.223 e. The van der Waals surface area contributed by atoms with Crippen LogP contribution in [0, 0.1) is 5.41 Å². The molecule has 0 fully saturated rings. The van der Waals surface area contributed by atoms with Crippen LogP contribution in [0.3, 0.4) is 0 Å². The maximum Gasteiger partial charge on any atom is 0.223 e. The lowest BCUT2D eigenvalue weighted by Gasteiger charge is -2.29. The minimum absolute atomic E-state index is 0.0886. The topological polar surface area (TPSA) is 132 Å². The Bertz CT molecular complexity index is 747. The fourth-order valence-electron chi connectivity index (χ4n) is 2.58. The zero-order valence-corrected chi connectivity index (χ0v) is 14.4. The lowest BCUT2D eigenvalue weighted by Crippen LogP contribution is -2.26. The number of rotatable bonds is 3. The van der Waals surface area contributed by atoms with Crippen molar-refractivity contribution >= 4 is 40.7 Å². The van der Waals surface area contributed by atoms with Crippen molar-refractivity contribution in [2.75, 3.05) is 5.32 Å². The van der Waals surface area contributed by atoms with Crippen molar-refractivity contribution in [2.45, 2.75) is 26.7 Å². The summed E-state index contributed by atoms with van der Waals surface area (Å²) in [6.45, 7) is 4.11. The molecule has 128 valence electrons. The maximum atomic E-state index is 11.9. The van der Waals surface area contributed by atoms with Crippen LogP contribution in [-0.2, 0) is 4.79 Å². The Morgan fingerprint density at radius 3 is 2.58 bits per heavy atom. The highest BCUT2D eigenvalue weighted by Crippen LogP contribution is 2.36. The van der Waals surface area contributed by atoms with E-state index in [1.54, 1.807) is 24.3 Å². The van der Waals surface area contributed by atoms with E-state index in [4.69, 9.17) is 28.8 Å². The Balaban J connectivity index is 2.34. The number of allylic oxidation sites excluding steroid dienone is 2. The Morgan fingerprint density at radius 2 is 1.96 bits per heavy atom. The molecule has 24 heavy (non-hydrogen) atoms. The van der Waals surface area contributed by atoms with E-state index in [0.29, 0.717) is 22.8 Å². The van der Waals surface area contributed by atoms with Crippen LogP contribution in [0.25, 0.3) is 0 Å². The zero-order chi connectivity index (χ0) is 17.9. The predicted octanol–water partition coefficient (Wildman–Crippen LogP) is 2.24. The first-order chi connectivity index (χ1) is 11.1. The Labute approximate surface area is 145 Å². The van der Waals surface area contributed by atoms with Gasteiger partial charge in [-0.3, -0.25) is 4.79 Å². The summed E-state index contributed by atoms with van der Waals surface area (Å²) in [6, 6.07) is 5.11. The molecule has 0 amide bonds. The van der Waals surface area contributed by atoms with Gasteiger partial charge in [-0.25, -0.2) is 4.99 Å². The largest absolute Gasteiger partial charge is 0.370 e. The first kappa shape index (κ1) is 17.8. The minimum atomic E-state index is -0.185. The molecule has 0 aliphatic heterocycles. The number of hydrogen-bond acceptors (Lipinski definition) is 3. The first-order valence-corrected chi connectivity index (χ1v) is 7.76. The van der Waals surface area contributed by atoms with Crippen LogP contribution in [0.2, 0.25) is 5.02 Å². The average molecular weight is 349 g/mol. The molecule has 0 radical (unpaired) electrons. The Hall–Kier alpha value is -2.54. The predicted molar refractivity (Wildman–Crippen MR) is 98.3 cm³/mol. The second-order valence-electron chi connectivity index (χ2n) is 6.45. The summed E-state index contributed by atoms with van der Waals surface area (Å²) < 4.78 is 0. The van der Waals surface area contributed by atoms with Gasteiger partial charge in [0.15, 0.2) is 11.7 Å². The molecule has 0 aromatic heterocycles. The van der Waals surface area contributed by atoms with E-state index in [0.717, 1.165) is 12.1 Å². The first-order valence-electron chi connectivity index (χ1n) is 7.38. The molecule has 0 spiro atoms. The van der Waals surface area contributed by atoms with Crippen molar-refractivity contribution in [1.29, 1.82) is 0 Å². The van der Waals surface area contributed by atoms with Gasteiger partial charge in [-0.1, -0.05) is 25.4 Å². The second-order valence-corrected chi connectivity index (χ2v) is 6.88. The number of guanidine groups is 2. The van der Waals surface area contributed by atoms with Crippen molar-refractivity contribution < 1.29 is 4.79 Å². The third-order valence-corrected chi connectivity index (χ3v) is 3.63. The average Bonchev–Trinajstić information content (AvgIpc) is 2.38. The Morgan fingerprint density at radius 1 is 1.25 bits per heavy atom. The van der Waals surface area contributed by atoms with E-state index >= 15 is 0 Å². The van der Waals surface area contributed by atoms with Crippen LogP contribution in [0.4, 0.5) is 11.4 Å². The number of carbonyl (C=O) groups excluding carboxylic acids is 1. The highest BCUT2D eigenvalue weighted by atomic mass is 35.5. The van der Waals surface area contributed by atoms with Crippen LogP contribution >= 0.6 is 11.6 Å². The van der Waals surface area contributed by atoms with Crippen molar-refractivity contribution in [3.63, 3.8) is 0 Å². The molecule has 1 aromatic rings. The van der Waals surface area contributed by atoms with Gasteiger partial charge >= 0.3 is 0 Å². The summed E-state index contributed by atoms with van der Waals surface area (Å²) in [5.41, 5.74) is 18.1.